The van der Waals surface area contributed by atoms with Crippen molar-refractivity contribution in [3.05, 3.63) is 29.8 Å². The van der Waals surface area contributed by atoms with E-state index in [9.17, 15) is 13.2 Å². The maximum Gasteiger partial charge on any atom is 0.328 e. The molecular weight excluding hydrogens is 253 g/mol. The lowest BCUT2D eigenvalue weighted by atomic mass is 10.2. The number of sulfonamides is 1. The molecule has 0 fully saturated rings. The highest BCUT2D eigenvalue weighted by atomic mass is 32.2. The fourth-order valence-corrected chi connectivity index (χ4v) is 2.24. The van der Waals surface area contributed by atoms with Gasteiger partial charge in [-0.1, -0.05) is 31.0 Å². The first-order valence-electron chi connectivity index (χ1n) is 5.83. The largest absolute Gasteiger partial charge is 0.337 e. The predicted octanol–water partition coefficient (Wildman–Crippen LogP) is 1.78. The van der Waals surface area contributed by atoms with E-state index in [0.717, 1.165) is 18.4 Å². The number of benzene rings is 1. The van der Waals surface area contributed by atoms with Crippen molar-refractivity contribution < 1.29 is 13.2 Å². The average Bonchev–Trinajstić information content (AvgIpc) is 2.29. The number of carbonyl (C=O) groups is 1. The molecule has 5 nitrogen and oxygen atoms in total. The molecule has 2 amide bonds. The summed E-state index contributed by atoms with van der Waals surface area (Å²) in [7, 11) is -3.78. The van der Waals surface area contributed by atoms with Gasteiger partial charge >= 0.3 is 6.03 Å². The van der Waals surface area contributed by atoms with Crippen LogP contribution in [0.15, 0.2) is 29.2 Å². The average molecular weight is 271 g/mol. The van der Waals surface area contributed by atoms with Gasteiger partial charge in [-0.05, 0) is 25.5 Å². The summed E-state index contributed by atoms with van der Waals surface area (Å²) in [4.78, 5) is 11.5. The van der Waals surface area contributed by atoms with Crippen LogP contribution in [0.5, 0.6) is 0 Å². The summed E-state index contributed by atoms with van der Waals surface area (Å²) < 4.78 is 25.6. The number of nitrogens with one attached hydrogen (secondary N) is 2. The maximum atomic E-state index is 11.8. The first-order valence-corrected chi connectivity index (χ1v) is 7.31. The first-order chi connectivity index (χ1) is 8.45. The van der Waals surface area contributed by atoms with Gasteiger partial charge in [-0.2, -0.15) is 0 Å². The van der Waals surface area contributed by atoms with Crippen LogP contribution in [0.1, 0.15) is 25.3 Å². The smallest absolute Gasteiger partial charge is 0.328 e. The summed E-state index contributed by atoms with van der Waals surface area (Å²) >= 11 is 0. The van der Waals surface area contributed by atoms with Crippen LogP contribution in [0.4, 0.5) is 4.79 Å². The van der Waals surface area contributed by atoms with Crippen LogP contribution in [0.3, 0.4) is 0 Å². The number of hydrogen-bond acceptors (Lipinski definition) is 3. The second kappa shape index (κ2) is 6.39. The number of urea groups is 1. The number of aryl methyl sites for hydroxylation is 1. The number of amides is 2. The van der Waals surface area contributed by atoms with Crippen molar-refractivity contribution in [3.63, 3.8) is 0 Å². The Labute approximate surface area is 108 Å². The second-order valence-electron chi connectivity index (χ2n) is 4.03. The Morgan fingerprint density at radius 3 is 2.39 bits per heavy atom. The SMILES string of the molecule is CCC[13CH2]NC(=O)NS(=O)(=O)c1ccc(C)cc1. The van der Waals surface area contributed by atoms with E-state index in [1.807, 2.05) is 18.6 Å². The molecule has 100 valence electrons. The molecule has 0 heterocycles. The van der Waals surface area contributed by atoms with Gasteiger partial charge in [-0.15, -0.1) is 0 Å². The van der Waals surface area contributed by atoms with E-state index in [4.69, 9.17) is 0 Å². The molecule has 0 saturated carbocycles. The summed E-state index contributed by atoms with van der Waals surface area (Å²) in [5.74, 6) is 0. The summed E-state index contributed by atoms with van der Waals surface area (Å²) in [6.45, 7) is 4.32. The number of hydrogen-bond donors (Lipinski definition) is 2. The quantitative estimate of drug-likeness (QED) is 0.633. The van der Waals surface area contributed by atoms with E-state index in [-0.39, 0.29) is 4.90 Å². The molecule has 18 heavy (non-hydrogen) atoms. The molecule has 0 radical (unpaired) electrons. The van der Waals surface area contributed by atoms with Crippen molar-refractivity contribution in [2.45, 2.75) is 31.6 Å². The summed E-state index contributed by atoms with van der Waals surface area (Å²) in [6, 6.07) is 5.62. The molecule has 1 rings (SSSR count). The third-order valence-electron chi connectivity index (χ3n) is 2.37. The summed E-state index contributed by atoms with van der Waals surface area (Å²) in [5.41, 5.74) is 0.960. The standard InChI is InChI=1S/C12H18N2O3S/c1-3-4-9-13-12(15)14-18(16,17)11-7-5-10(2)6-8-11/h5-8H,3-4,9H2,1-2H3,(H2,13,14,15)/i9+1. The van der Waals surface area contributed by atoms with E-state index < -0.39 is 16.1 Å². The molecule has 0 unspecified atom stereocenters. The summed E-state index contributed by atoms with van der Waals surface area (Å²) in [6.07, 6.45) is 1.75. The van der Waals surface area contributed by atoms with Crippen LogP contribution < -0.4 is 10.0 Å². The topological polar surface area (TPSA) is 75.3 Å². The van der Waals surface area contributed by atoms with Crippen LogP contribution in [-0.2, 0) is 10.0 Å². The Balaban J connectivity index is 2.64. The lowest BCUT2D eigenvalue weighted by Crippen LogP contribution is -2.39. The van der Waals surface area contributed by atoms with Gasteiger partial charge in [0.05, 0.1) is 4.90 Å². The normalized spacial score (nSPS) is 11.0. The molecule has 0 bridgehead atoms. The zero-order valence-electron chi connectivity index (χ0n) is 10.6. The third-order valence-corrected chi connectivity index (χ3v) is 3.72. The number of unbranched alkanes of at least 4 members (excludes halogenated alkanes) is 1. The highest BCUT2D eigenvalue weighted by Crippen LogP contribution is 2.09. The van der Waals surface area contributed by atoms with Crippen LogP contribution in [0.2, 0.25) is 0 Å². The van der Waals surface area contributed by atoms with Crippen molar-refractivity contribution in [1.82, 2.24) is 10.0 Å². The molecule has 2 N–H and O–H groups in total. The Kier molecular flexibility index (Phi) is 5.15. The Morgan fingerprint density at radius 1 is 1.22 bits per heavy atom. The van der Waals surface area contributed by atoms with Crippen molar-refractivity contribution in [2.24, 2.45) is 0 Å². The van der Waals surface area contributed by atoms with Gasteiger partial charge in [-0.25, -0.2) is 17.9 Å². The minimum atomic E-state index is -3.78. The maximum absolute atomic E-state index is 11.8. The fraction of sp³-hybridized carbons (Fsp3) is 0.417. The zero-order chi connectivity index (χ0) is 13.6. The molecule has 0 aliphatic rings. The predicted molar refractivity (Wildman–Crippen MR) is 69.8 cm³/mol. The molecule has 1 aromatic carbocycles. The van der Waals surface area contributed by atoms with Gasteiger partial charge in [0, 0.05) is 6.54 Å². The zero-order valence-corrected chi connectivity index (χ0v) is 11.4. The highest BCUT2D eigenvalue weighted by Gasteiger charge is 2.16. The van der Waals surface area contributed by atoms with Gasteiger partial charge in [-0.3, -0.25) is 0 Å². The van der Waals surface area contributed by atoms with E-state index >= 15 is 0 Å². The lowest BCUT2D eigenvalue weighted by molar-refractivity contribution is 0.245. The lowest BCUT2D eigenvalue weighted by Gasteiger charge is -2.08. The second-order valence-corrected chi connectivity index (χ2v) is 5.71. The molecule has 0 spiro atoms. The van der Waals surface area contributed by atoms with Crippen molar-refractivity contribution in [3.8, 4) is 0 Å². The molecule has 0 atom stereocenters. The Bertz CT molecular complexity index is 495. The van der Waals surface area contributed by atoms with Gasteiger partial charge < -0.3 is 5.32 Å². The summed E-state index contributed by atoms with van der Waals surface area (Å²) in [5, 5.41) is 2.49. The van der Waals surface area contributed by atoms with Gasteiger partial charge in [0.2, 0.25) is 0 Å². The molecule has 0 saturated heterocycles. The fourth-order valence-electron chi connectivity index (χ4n) is 1.31. The van der Waals surface area contributed by atoms with Gasteiger partial charge in [0.25, 0.3) is 10.0 Å². The minimum absolute atomic E-state index is 0.0822. The monoisotopic (exact) mass is 271 g/mol. The van der Waals surface area contributed by atoms with Crippen LogP contribution >= 0.6 is 0 Å². The molecule has 1 aromatic rings. The van der Waals surface area contributed by atoms with Gasteiger partial charge in [0.1, 0.15) is 0 Å². The van der Waals surface area contributed by atoms with E-state index in [2.05, 4.69) is 5.32 Å². The van der Waals surface area contributed by atoms with Crippen LogP contribution in [0, 0.1) is 6.92 Å². The van der Waals surface area contributed by atoms with E-state index in [1.54, 1.807) is 12.1 Å². The number of rotatable bonds is 5. The molecule has 0 aromatic heterocycles. The Hall–Kier alpha value is -1.56. The molecule has 0 aliphatic heterocycles. The van der Waals surface area contributed by atoms with Crippen molar-refractivity contribution in [2.75, 3.05) is 6.54 Å². The molecule has 6 heteroatoms. The van der Waals surface area contributed by atoms with Crippen LogP contribution in [-0.4, -0.2) is 21.0 Å². The molecule has 0 aliphatic carbocycles. The van der Waals surface area contributed by atoms with Gasteiger partial charge in [0.15, 0.2) is 0 Å². The number of carbonyl (C=O) groups excluding carboxylic acids is 1. The van der Waals surface area contributed by atoms with Crippen molar-refractivity contribution >= 4 is 16.1 Å². The highest BCUT2D eigenvalue weighted by molar-refractivity contribution is 7.90. The van der Waals surface area contributed by atoms with Crippen LogP contribution in [0.25, 0.3) is 0 Å². The van der Waals surface area contributed by atoms with E-state index in [0.29, 0.717) is 6.54 Å². The molecular formula is C12H18N2O3S. The first kappa shape index (κ1) is 14.5. The Morgan fingerprint density at radius 2 is 1.83 bits per heavy atom. The van der Waals surface area contributed by atoms with E-state index in [1.165, 1.54) is 12.1 Å². The van der Waals surface area contributed by atoms with Crippen molar-refractivity contribution in [1.29, 1.82) is 0 Å². The minimum Gasteiger partial charge on any atom is -0.337 e. The third kappa shape index (κ3) is 4.37.